The Hall–Kier alpha value is -1.21. The highest BCUT2D eigenvalue weighted by atomic mass is 32.2. The third-order valence-electron chi connectivity index (χ3n) is 3.74. The number of hydrogen-bond donors (Lipinski definition) is 2. The quantitative estimate of drug-likeness (QED) is 0.905. The fourth-order valence-corrected chi connectivity index (χ4v) is 4.76. The van der Waals surface area contributed by atoms with Crippen LogP contribution in [0, 0.1) is 0 Å². The maximum Gasteiger partial charge on any atom is 0.225 e. The van der Waals surface area contributed by atoms with Crippen molar-refractivity contribution in [2.75, 3.05) is 29.2 Å². The van der Waals surface area contributed by atoms with E-state index >= 15 is 0 Å². The van der Waals surface area contributed by atoms with Gasteiger partial charge in [0.25, 0.3) is 0 Å². The van der Waals surface area contributed by atoms with Crippen LogP contribution in [-0.4, -0.2) is 38.8 Å². The van der Waals surface area contributed by atoms with E-state index in [9.17, 15) is 4.21 Å². The highest BCUT2D eigenvalue weighted by Crippen LogP contribution is 2.31. The van der Waals surface area contributed by atoms with Crippen molar-refractivity contribution in [3.63, 3.8) is 0 Å². The summed E-state index contributed by atoms with van der Waals surface area (Å²) in [5.74, 6) is 3.12. The molecule has 114 valence electrons. The van der Waals surface area contributed by atoms with Crippen LogP contribution >= 0.6 is 11.3 Å². The first-order chi connectivity index (χ1) is 10.2. The molecule has 2 aromatic rings. The lowest BCUT2D eigenvalue weighted by Gasteiger charge is -2.23. The number of aryl methyl sites for hydroxylation is 1. The Labute approximate surface area is 131 Å². The molecule has 1 aliphatic heterocycles. The normalized spacial score (nSPS) is 22.4. The van der Waals surface area contributed by atoms with Gasteiger partial charge in [-0.1, -0.05) is 6.92 Å². The lowest BCUT2D eigenvalue weighted by atomic mass is 10.1. The summed E-state index contributed by atoms with van der Waals surface area (Å²) >= 11 is 1.72. The van der Waals surface area contributed by atoms with E-state index in [-0.39, 0.29) is 0 Å². The van der Waals surface area contributed by atoms with E-state index in [0.717, 1.165) is 46.8 Å². The third kappa shape index (κ3) is 3.18. The summed E-state index contributed by atoms with van der Waals surface area (Å²) in [4.78, 5) is 11.5. The molecule has 21 heavy (non-hydrogen) atoms. The van der Waals surface area contributed by atoms with E-state index in [1.54, 1.807) is 11.3 Å². The van der Waals surface area contributed by atoms with Crippen molar-refractivity contribution in [1.29, 1.82) is 0 Å². The molecule has 1 aliphatic rings. The van der Waals surface area contributed by atoms with Crippen LogP contribution < -0.4 is 10.6 Å². The Balaban J connectivity index is 1.92. The van der Waals surface area contributed by atoms with Gasteiger partial charge in [-0.05, 0) is 25.3 Å². The Bertz CT molecular complexity index is 660. The van der Waals surface area contributed by atoms with Crippen LogP contribution in [0.3, 0.4) is 0 Å². The van der Waals surface area contributed by atoms with Crippen LogP contribution in [0.5, 0.6) is 0 Å². The monoisotopic (exact) mass is 324 g/mol. The summed E-state index contributed by atoms with van der Waals surface area (Å²) < 4.78 is 11.5. The first-order valence-corrected chi connectivity index (χ1v) is 9.59. The molecule has 5 nitrogen and oxygen atoms in total. The molecule has 1 fully saturated rings. The van der Waals surface area contributed by atoms with Gasteiger partial charge in [0.15, 0.2) is 0 Å². The number of fused-ring (bicyclic) bond motifs is 1. The smallest absolute Gasteiger partial charge is 0.225 e. The van der Waals surface area contributed by atoms with Gasteiger partial charge < -0.3 is 10.6 Å². The van der Waals surface area contributed by atoms with Crippen molar-refractivity contribution in [2.24, 2.45) is 0 Å². The SMILES string of the molecule is CCc1cc2c(NC3CCS(=O)CC3)nc(NC)nc2s1. The van der Waals surface area contributed by atoms with Gasteiger partial charge in [-0.25, -0.2) is 4.98 Å². The van der Waals surface area contributed by atoms with E-state index in [1.807, 2.05) is 7.05 Å². The van der Waals surface area contributed by atoms with Gasteiger partial charge in [-0.3, -0.25) is 4.21 Å². The zero-order valence-electron chi connectivity index (χ0n) is 12.3. The highest BCUT2D eigenvalue weighted by Gasteiger charge is 2.20. The number of hydrogen-bond acceptors (Lipinski definition) is 6. The van der Waals surface area contributed by atoms with Crippen LogP contribution in [0.4, 0.5) is 11.8 Å². The Morgan fingerprint density at radius 3 is 2.81 bits per heavy atom. The molecule has 0 radical (unpaired) electrons. The summed E-state index contributed by atoms with van der Waals surface area (Å²) in [5.41, 5.74) is 0. The summed E-state index contributed by atoms with van der Waals surface area (Å²) in [5, 5.41) is 7.66. The maximum absolute atomic E-state index is 11.5. The molecule has 7 heteroatoms. The molecule has 3 rings (SSSR count). The maximum atomic E-state index is 11.5. The molecule has 3 heterocycles. The number of rotatable bonds is 4. The molecule has 0 spiro atoms. The van der Waals surface area contributed by atoms with Crippen molar-refractivity contribution in [2.45, 2.75) is 32.2 Å². The fraction of sp³-hybridized carbons (Fsp3) is 0.571. The van der Waals surface area contributed by atoms with Gasteiger partial charge in [0.05, 0.1) is 5.39 Å². The molecular weight excluding hydrogens is 304 g/mol. The molecule has 0 atom stereocenters. The van der Waals surface area contributed by atoms with Gasteiger partial charge in [-0.2, -0.15) is 4.98 Å². The summed E-state index contributed by atoms with van der Waals surface area (Å²) in [7, 11) is 1.20. The number of nitrogens with one attached hydrogen (secondary N) is 2. The topological polar surface area (TPSA) is 66.9 Å². The summed E-state index contributed by atoms with van der Waals surface area (Å²) in [6.07, 6.45) is 2.90. The average molecular weight is 324 g/mol. The molecule has 2 N–H and O–H groups in total. The molecule has 0 unspecified atom stereocenters. The van der Waals surface area contributed by atoms with E-state index in [4.69, 9.17) is 0 Å². The van der Waals surface area contributed by atoms with Crippen LogP contribution in [0.2, 0.25) is 0 Å². The average Bonchev–Trinajstić information content (AvgIpc) is 2.92. The van der Waals surface area contributed by atoms with Gasteiger partial charge in [0, 0.05) is 40.3 Å². The zero-order valence-corrected chi connectivity index (χ0v) is 13.9. The number of thiophene rings is 1. The Kier molecular flexibility index (Phi) is 4.40. The lowest BCUT2D eigenvalue weighted by Crippen LogP contribution is -2.29. The molecule has 0 aromatic carbocycles. The van der Waals surface area contributed by atoms with Gasteiger partial charge in [0.1, 0.15) is 10.6 Å². The van der Waals surface area contributed by atoms with Crippen molar-refractivity contribution < 1.29 is 4.21 Å². The van der Waals surface area contributed by atoms with E-state index in [2.05, 4.69) is 33.6 Å². The number of anilines is 2. The Morgan fingerprint density at radius 2 is 2.14 bits per heavy atom. The minimum absolute atomic E-state index is 0.357. The predicted molar refractivity (Wildman–Crippen MR) is 90.9 cm³/mol. The second-order valence-electron chi connectivity index (χ2n) is 5.20. The van der Waals surface area contributed by atoms with Crippen LogP contribution in [0.25, 0.3) is 10.2 Å². The largest absolute Gasteiger partial charge is 0.367 e. The molecule has 0 amide bonds. The molecule has 1 saturated heterocycles. The predicted octanol–water partition coefficient (Wildman–Crippen LogP) is 2.62. The van der Waals surface area contributed by atoms with E-state index in [1.165, 1.54) is 4.88 Å². The second-order valence-corrected chi connectivity index (χ2v) is 8.01. The lowest BCUT2D eigenvalue weighted by molar-refractivity contribution is 0.623. The summed E-state index contributed by atoms with van der Waals surface area (Å²) in [6.45, 7) is 2.15. The van der Waals surface area contributed by atoms with Gasteiger partial charge >= 0.3 is 0 Å². The zero-order chi connectivity index (χ0) is 14.8. The standard InChI is InChI=1S/C14H20N4OS2/c1-3-10-8-11-12(16-9-4-6-21(19)7-5-9)17-14(15-2)18-13(11)20-10/h8-9H,3-7H2,1-2H3,(H2,15,16,17,18). The summed E-state index contributed by atoms with van der Waals surface area (Å²) in [6, 6.07) is 2.54. The van der Waals surface area contributed by atoms with Gasteiger partial charge in [-0.15, -0.1) is 11.3 Å². The highest BCUT2D eigenvalue weighted by molar-refractivity contribution is 7.85. The third-order valence-corrected chi connectivity index (χ3v) is 6.30. The second kappa shape index (κ2) is 6.27. The van der Waals surface area contributed by atoms with Crippen molar-refractivity contribution in [1.82, 2.24) is 9.97 Å². The van der Waals surface area contributed by atoms with Crippen molar-refractivity contribution >= 4 is 44.1 Å². The number of nitrogens with zero attached hydrogens (tertiary/aromatic N) is 2. The molecule has 0 saturated carbocycles. The van der Waals surface area contributed by atoms with Crippen molar-refractivity contribution in [3.05, 3.63) is 10.9 Å². The minimum Gasteiger partial charge on any atom is -0.367 e. The van der Waals surface area contributed by atoms with Crippen LogP contribution in [0.1, 0.15) is 24.6 Å². The molecule has 0 aliphatic carbocycles. The fourth-order valence-electron chi connectivity index (χ4n) is 2.50. The van der Waals surface area contributed by atoms with Crippen molar-refractivity contribution in [3.8, 4) is 0 Å². The molecule has 0 bridgehead atoms. The first kappa shape index (κ1) is 14.7. The first-order valence-electron chi connectivity index (χ1n) is 7.29. The van der Waals surface area contributed by atoms with Gasteiger partial charge in [0.2, 0.25) is 5.95 Å². The minimum atomic E-state index is -0.632. The molecular formula is C14H20N4OS2. The Morgan fingerprint density at radius 1 is 1.38 bits per heavy atom. The molecule has 2 aromatic heterocycles. The van der Waals surface area contributed by atoms with E-state index < -0.39 is 10.8 Å². The van der Waals surface area contributed by atoms with Crippen LogP contribution in [0.15, 0.2) is 6.07 Å². The number of aromatic nitrogens is 2. The van der Waals surface area contributed by atoms with E-state index in [0.29, 0.717) is 12.0 Å². The van der Waals surface area contributed by atoms with Crippen LogP contribution in [-0.2, 0) is 17.2 Å².